The molecule has 0 spiro atoms. The van der Waals surface area contributed by atoms with E-state index in [1.807, 2.05) is 0 Å². The molecule has 0 aliphatic carbocycles. The van der Waals surface area contributed by atoms with Crippen molar-refractivity contribution < 1.29 is 9.53 Å². The Bertz CT molecular complexity index is 342. The third kappa shape index (κ3) is 2.86. The molecule has 1 aromatic heterocycles. The van der Waals surface area contributed by atoms with E-state index in [1.165, 1.54) is 6.07 Å². The van der Waals surface area contributed by atoms with Gasteiger partial charge >= 0.3 is 5.97 Å². The molecule has 0 aliphatic heterocycles. The van der Waals surface area contributed by atoms with Crippen molar-refractivity contribution in [3.05, 3.63) is 28.5 Å². The summed E-state index contributed by atoms with van der Waals surface area (Å²) in [5.41, 5.74) is 0.747. The molecule has 0 fully saturated rings. The number of carbonyl (C=O) groups is 1. The van der Waals surface area contributed by atoms with Crippen LogP contribution < -0.4 is 0 Å². The van der Waals surface area contributed by atoms with Crippen LogP contribution in [-0.4, -0.2) is 17.6 Å². The second kappa shape index (κ2) is 5.17. The molecule has 1 heterocycles. The highest BCUT2D eigenvalue weighted by Gasteiger charge is 2.10. The molecule has 0 aromatic carbocycles. The van der Waals surface area contributed by atoms with E-state index in [0.29, 0.717) is 17.3 Å². The number of rotatable bonds is 3. The summed E-state index contributed by atoms with van der Waals surface area (Å²) in [5, 5.41) is 0.429. The lowest BCUT2D eigenvalue weighted by Gasteiger charge is -2.03. The van der Waals surface area contributed by atoms with Crippen molar-refractivity contribution in [2.75, 3.05) is 6.61 Å². The molecule has 0 unspecified atom stereocenters. The summed E-state index contributed by atoms with van der Waals surface area (Å²) in [6.07, 6.45) is 0. The smallest absolute Gasteiger partial charge is 0.356 e. The number of halogens is 2. The number of nitrogens with zero attached hydrogens (tertiary/aromatic N) is 1. The Kier molecular flexibility index (Phi) is 4.17. The van der Waals surface area contributed by atoms with Gasteiger partial charge in [-0.1, -0.05) is 11.6 Å². The van der Waals surface area contributed by atoms with E-state index < -0.39 is 5.97 Å². The predicted octanol–water partition coefficient (Wildman–Crippen LogP) is 2.65. The molecule has 0 atom stereocenters. The minimum absolute atomic E-state index is 0.190. The molecule has 0 amide bonds. The highest BCUT2D eigenvalue weighted by Crippen LogP contribution is 2.14. The minimum atomic E-state index is -0.485. The first kappa shape index (κ1) is 11.3. The zero-order valence-corrected chi connectivity index (χ0v) is 9.10. The van der Waals surface area contributed by atoms with Crippen LogP contribution in [0.4, 0.5) is 0 Å². The molecule has 14 heavy (non-hydrogen) atoms. The molecule has 0 N–H and O–H groups in total. The molecule has 0 saturated carbocycles. The van der Waals surface area contributed by atoms with Crippen molar-refractivity contribution in [3.63, 3.8) is 0 Å². The van der Waals surface area contributed by atoms with E-state index in [9.17, 15) is 4.79 Å². The topological polar surface area (TPSA) is 39.2 Å². The molecule has 76 valence electrons. The van der Waals surface area contributed by atoms with Crippen LogP contribution in [0.2, 0.25) is 5.02 Å². The van der Waals surface area contributed by atoms with E-state index in [4.69, 9.17) is 27.9 Å². The van der Waals surface area contributed by atoms with E-state index in [0.717, 1.165) is 0 Å². The number of aromatic nitrogens is 1. The first-order chi connectivity index (χ1) is 6.67. The first-order valence-electron chi connectivity index (χ1n) is 4.07. The fourth-order valence-electron chi connectivity index (χ4n) is 0.929. The van der Waals surface area contributed by atoms with Gasteiger partial charge in [0, 0.05) is 5.02 Å². The van der Waals surface area contributed by atoms with Crippen LogP contribution >= 0.6 is 23.2 Å². The second-order valence-corrected chi connectivity index (χ2v) is 3.22. The van der Waals surface area contributed by atoms with E-state index >= 15 is 0 Å². The molecule has 1 aromatic rings. The van der Waals surface area contributed by atoms with Gasteiger partial charge in [-0.15, -0.1) is 11.6 Å². The molecule has 0 bridgehead atoms. The summed E-state index contributed by atoms with van der Waals surface area (Å²) in [6, 6.07) is 3.06. The van der Waals surface area contributed by atoms with E-state index in [-0.39, 0.29) is 11.6 Å². The average molecular weight is 234 g/mol. The average Bonchev–Trinajstić information content (AvgIpc) is 2.17. The van der Waals surface area contributed by atoms with Crippen molar-refractivity contribution in [2.45, 2.75) is 12.8 Å². The van der Waals surface area contributed by atoms with Crippen LogP contribution in [0.5, 0.6) is 0 Å². The maximum Gasteiger partial charge on any atom is 0.356 e. The van der Waals surface area contributed by atoms with Crippen LogP contribution in [0.25, 0.3) is 0 Å². The fourth-order valence-corrected chi connectivity index (χ4v) is 1.29. The van der Waals surface area contributed by atoms with Crippen molar-refractivity contribution in [1.29, 1.82) is 0 Å². The van der Waals surface area contributed by atoms with Crippen molar-refractivity contribution in [2.24, 2.45) is 0 Å². The van der Waals surface area contributed by atoms with Gasteiger partial charge in [0.15, 0.2) is 0 Å². The van der Waals surface area contributed by atoms with Gasteiger partial charge in [0.25, 0.3) is 0 Å². The third-order valence-corrected chi connectivity index (χ3v) is 1.96. The van der Waals surface area contributed by atoms with Gasteiger partial charge in [0.1, 0.15) is 5.69 Å². The summed E-state index contributed by atoms with van der Waals surface area (Å²) < 4.78 is 4.78. The highest BCUT2D eigenvalue weighted by molar-refractivity contribution is 6.31. The number of esters is 1. The summed E-state index contributed by atoms with van der Waals surface area (Å²) in [6.45, 7) is 2.04. The molecule has 0 aliphatic rings. The van der Waals surface area contributed by atoms with Gasteiger partial charge in [-0.3, -0.25) is 0 Å². The number of ether oxygens (including phenoxy) is 1. The summed E-state index contributed by atoms with van der Waals surface area (Å²) in [5.74, 6) is -0.270. The van der Waals surface area contributed by atoms with Crippen LogP contribution in [0.3, 0.4) is 0 Å². The lowest BCUT2D eigenvalue weighted by atomic mass is 10.3. The molecule has 5 heteroatoms. The largest absolute Gasteiger partial charge is 0.461 e. The Morgan fingerprint density at radius 1 is 1.57 bits per heavy atom. The summed E-state index contributed by atoms with van der Waals surface area (Å²) in [4.78, 5) is 15.3. The highest BCUT2D eigenvalue weighted by atomic mass is 35.5. The summed E-state index contributed by atoms with van der Waals surface area (Å²) >= 11 is 11.3. The minimum Gasteiger partial charge on any atom is -0.461 e. The maximum atomic E-state index is 11.3. The van der Waals surface area contributed by atoms with Gasteiger partial charge in [0.05, 0.1) is 18.2 Å². The Labute approximate surface area is 92.0 Å². The number of hydrogen-bond donors (Lipinski definition) is 0. The zero-order chi connectivity index (χ0) is 10.6. The van der Waals surface area contributed by atoms with Gasteiger partial charge in [-0.05, 0) is 19.1 Å². The first-order valence-corrected chi connectivity index (χ1v) is 4.98. The Hall–Kier alpha value is -0.800. The number of carbonyl (C=O) groups excluding carboxylic acids is 1. The van der Waals surface area contributed by atoms with Crippen molar-refractivity contribution in [3.8, 4) is 0 Å². The van der Waals surface area contributed by atoms with Gasteiger partial charge in [0.2, 0.25) is 0 Å². The standard InChI is InChI=1S/C9H9Cl2NO2/c1-2-14-9(13)8-4-6(11)3-7(5-10)12-8/h3-4H,2,5H2,1H3. The monoisotopic (exact) mass is 233 g/mol. The SMILES string of the molecule is CCOC(=O)c1cc(Cl)cc(CCl)n1. The van der Waals surface area contributed by atoms with Crippen molar-refractivity contribution >= 4 is 29.2 Å². The number of alkyl halides is 1. The maximum absolute atomic E-state index is 11.3. The Morgan fingerprint density at radius 2 is 2.29 bits per heavy atom. The summed E-state index contributed by atoms with van der Waals surface area (Å²) in [7, 11) is 0. The van der Waals surface area contributed by atoms with Gasteiger partial charge in [-0.25, -0.2) is 9.78 Å². The zero-order valence-electron chi connectivity index (χ0n) is 7.59. The van der Waals surface area contributed by atoms with Crippen LogP contribution in [-0.2, 0) is 10.6 Å². The Balaban J connectivity index is 2.96. The van der Waals surface area contributed by atoms with Gasteiger partial charge in [-0.2, -0.15) is 0 Å². The molecular weight excluding hydrogens is 225 g/mol. The van der Waals surface area contributed by atoms with E-state index in [1.54, 1.807) is 13.0 Å². The molecule has 3 nitrogen and oxygen atoms in total. The van der Waals surface area contributed by atoms with Crippen LogP contribution in [0.15, 0.2) is 12.1 Å². The second-order valence-electron chi connectivity index (χ2n) is 2.52. The van der Waals surface area contributed by atoms with Gasteiger partial charge < -0.3 is 4.74 Å². The fraction of sp³-hybridized carbons (Fsp3) is 0.333. The Morgan fingerprint density at radius 3 is 2.86 bits per heavy atom. The van der Waals surface area contributed by atoms with Crippen molar-refractivity contribution in [1.82, 2.24) is 4.98 Å². The molecule has 0 saturated heterocycles. The van der Waals surface area contributed by atoms with Crippen LogP contribution in [0, 0.1) is 0 Å². The third-order valence-electron chi connectivity index (χ3n) is 1.46. The normalized spacial score (nSPS) is 9.93. The lowest BCUT2D eigenvalue weighted by molar-refractivity contribution is 0.0519. The molecular formula is C9H9Cl2NO2. The molecule has 0 radical (unpaired) electrons. The quantitative estimate of drug-likeness (QED) is 0.596. The molecule has 1 rings (SSSR count). The van der Waals surface area contributed by atoms with E-state index in [2.05, 4.69) is 4.98 Å². The lowest BCUT2D eigenvalue weighted by Crippen LogP contribution is -2.08. The van der Waals surface area contributed by atoms with Crippen LogP contribution in [0.1, 0.15) is 23.1 Å². The number of hydrogen-bond acceptors (Lipinski definition) is 3. The number of pyridine rings is 1. The predicted molar refractivity (Wildman–Crippen MR) is 54.8 cm³/mol.